The quantitative estimate of drug-likeness (QED) is 0.486. The van der Waals surface area contributed by atoms with E-state index in [1.54, 1.807) is 0 Å². The van der Waals surface area contributed by atoms with Crippen LogP contribution in [0.4, 0.5) is 0 Å². The monoisotopic (exact) mass is 365 g/mol. The van der Waals surface area contributed by atoms with Gasteiger partial charge in [0, 0.05) is 69.5 Å². The molecule has 0 amide bonds. The van der Waals surface area contributed by atoms with Crippen LogP contribution in [0.5, 0.6) is 0 Å². The van der Waals surface area contributed by atoms with Crippen molar-refractivity contribution in [2.45, 2.75) is 0 Å². The van der Waals surface area contributed by atoms with Gasteiger partial charge in [-0.25, -0.2) is 0 Å². The summed E-state index contributed by atoms with van der Waals surface area (Å²) in [6.07, 6.45) is 0. The van der Waals surface area contributed by atoms with E-state index >= 15 is 0 Å². The molecule has 3 radical (unpaired) electrons. The number of rotatable bonds is 0. The van der Waals surface area contributed by atoms with Crippen LogP contribution in [-0.2, 0) is 69.5 Å². The first-order valence-corrected chi connectivity index (χ1v) is 0. The third-order valence-electron chi connectivity index (χ3n) is 0. The average Bonchev–Trinajstić information content (AvgIpc) is 0. The van der Waals surface area contributed by atoms with Crippen molar-refractivity contribution in [3.05, 3.63) is 0 Å². The minimum absolute atomic E-state index is 0. The molecule has 39 valence electrons. The number of hydrogen-bond acceptors (Lipinski definition) is 0. The molecule has 5 heavy (non-hydrogen) atoms. The molecule has 0 aromatic rings. The van der Waals surface area contributed by atoms with Gasteiger partial charge in [-0.05, 0) is 0 Å². The topological polar surface area (TPSA) is 0 Å². The Morgan fingerprint density at radius 3 is 0.800 bits per heavy atom. The van der Waals surface area contributed by atoms with Gasteiger partial charge in [0.05, 0.1) is 0 Å². The number of hydrogen-bond donors (Lipinski definition) is 0. The predicted molar refractivity (Wildman–Crippen MR) is 8.54 cm³/mol. The summed E-state index contributed by atoms with van der Waals surface area (Å²) < 4.78 is 0. The average molecular weight is 367 g/mol. The Balaban J connectivity index is 0. The van der Waals surface area contributed by atoms with Gasteiger partial charge >= 0.3 is 23.9 Å². The van der Waals surface area contributed by atoms with Crippen LogP contribution in [0.2, 0.25) is 0 Å². The van der Waals surface area contributed by atoms with Crippen molar-refractivity contribution in [2.75, 3.05) is 0 Å². The summed E-state index contributed by atoms with van der Waals surface area (Å²) in [6.45, 7) is 0. The van der Waals surface area contributed by atoms with Gasteiger partial charge in [-0.15, -0.1) is 0 Å². The molecule has 0 saturated carbocycles. The second-order valence-corrected chi connectivity index (χ2v) is 0. The summed E-state index contributed by atoms with van der Waals surface area (Å²) in [7, 11) is 0. The maximum Gasteiger partial charge on any atom is 0 e. The maximum absolute atomic E-state index is 0. The van der Waals surface area contributed by atoms with Crippen LogP contribution in [0.3, 0.4) is 0 Å². The molecule has 0 unspecified atom stereocenters. The molecular weight excluding hydrogens is 365 g/mol. The molecule has 0 N–H and O–H groups in total. The van der Waals surface area contributed by atoms with E-state index in [0.29, 0.717) is 0 Å². The van der Waals surface area contributed by atoms with Gasteiger partial charge in [0.1, 0.15) is 0 Å². The van der Waals surface area contributed by atoms with Crippen molar-refractivity contribution >= 4 is 23.9 Å². The summed E-state index contributed by atoms with van der Waals surface area (Å²) in [6, 6.07) is 0. The molecule has 0 fully saturated rings. The minimum atomic E-state index is 0. The van der Waals surface area contributed by atoms with Crippen molar-refractivity contribution in [1.29, 1.82) is 0 Å². The van der Waals surface area contributed by atoms with Gasteiger partial charge in [0.15, 0.2) is 0 Å². The zero-order chi connectivity index (χ0) is 0. The molecule has 0 aromatic carbocycles. The van der Waals surface area contributed by atoms with Crippen molar-refractivity contribution in [3.63, 3.8) is 0 Å². The Labute approximate surface area is 92.0 Å². The van der Waals surface area contributed by atoms with Gasteiger partial charge < -0.3 is 0 Å². The van der Waals surface area contributed by atoms with Crippen LogP contribution >= 0.6 is 0 Å². The zero-order valence-electron chi connectivity index (χ0n) is 2.35. The smallest absolute Gasteiger partial charge is 0 e. The standard InChI is InChI=1S/Cu.2Ni.Sn.Zn.2H. The van der Waals surface area contributed by atoms with Crippen LogP contribution < -0.4 is 0 Å². The van der Waals surface area contributed by atoms with Crippen molar-refractivity contribution in [3.8, 4) is 0 Å². The molecule has 5 heteroatoms. The third-order valence-corrected chi connectivity index (χ3v) is 0. The van der Waals surface area contributed by atoms with Crippen molar-refractivity contribution in [1.82, 2.24) is 0 Å². The maximum atomic E-state index is 0. The summed E-state index contributed by atoms with van der Waals surface area (Å²) in [5.41, 5.74) is 0. The van der Waals surface area contributed by atoms with E-state index in [9.17, 15) is 0 Å². The fraction of sp³-hybridized carbons (Fsp3) is 0. The Hall–Kier alpha value is 2.93. The van der Waals surface area contributed by atoms with Crippen LogP contribution in [0.25, 0.3) is 0 Å². The van der Waals surface area contributed by atoms with E-state index in [2.05, 4.69) is 0 Å². The van der Waals surface area contributed by atoms with Crippen LogP contribution in [0.15, 0.2) is 0 Å². The van der Waals surface area contributed by atoms with Crippen LogP contribution in [0.1, 0.15) is 0 Å². The molecule has 0 rings (SSSR count). The van der Waals surface area contributed by atoms with E-state index in [1.165, 1.54) is 0 Å². The second kappa shape index (κ2) is 28.4. The summed E-state index contributed by atoms with van der Waals surface area (Å²) in [5.74, 6) is 0. The molecule has 0 atom stereocenters. The molecule has 0 spiro atoms. The molecule has 0 aromatic heterocycles. The summed E-state index contributed by atoms with van der Waals surface area (Å²) >= 11 is 0. The molecule has 0 saturated heterocycles. The van der Waals surface area contributed by atoms with Crippen LogP contribution in [-0.4, -0.2) is 23.9 Å². The van der Waals surface area contributed by atoms with Gasteiger partial charge in [0.25, 0.3) is 0 Å². The van der Waals surface area contributed by atoms with E-state index in [-0.39, 0.29) is 93.4 Å². The molecule has 0 bridgehead atoms. The normalized spacial score (nSPS) is 0. The fourth-order valence-corrected chi connectivity index (χ4v) is 0. The van der Waals surface area contributed by atoms with E-state index in [1.807, 2.05) is 0 Å². The molecule has 0 nitrogen and oxygen atoms in total. The largest absolute Gasteiger partial charge is 0 e. The first-order chi connectivity index (χ1) is 0. The minimum Gasteiger partial charge on any atom is 0 e. The predicted octanol–water partition coefficient (Wildman–Crippen LogP) is -0.926. The van der Waals surface area contributed by atoms with Gasteiger partial charge in [-0.2, -0.15) is 0 Å². The first-order valence-electron chi connectivity index (χ1n) is 0. The zero-order valence-corrected chi connectivity index (χ0v) is 12.3. The van der Waals surface area contributed by atoms with Crippen molar-refractivity contribution in [2.24, 2.45) is 0 Å². The second-order valence-electron chi connectivity index (χ2n) is 0. The molecule has 0 aliphatic rings. The van der Waals surface area contributed by atoms with Gasteiger partial charge in [-0.1, -0.05) is 0 Å². The Kier molecular flexibility index (Phi) is 252. The van der Waals surface area contributed by atoms with Crippen molar-refractivity contribution < 1.29 is 69.5 Å². The van der Waals surface area contributed by atoms with E-state index in [4.69, 9.17) is 0 Å². The summed E-state index contributed by atoms with van der Waals surface area (Å²) in [5, 5.41) is 0. The van der Waals surface area contributed by atoms with Gasteiger partial charge in [0.2, 0.25) is 0 Å². The third kappa shape index (κ3) is 19.6. The molecule has 0 aliphatic carbocycles. The molecule has 0 heterocycles. The fourth-order valence-electron chi connectivity index (χ4n) is 0. The van der Waals surface area contributed by atoms with Gasteiger partial charge in [-0.3, -0.25) is 0 Å². The Morgan fingerprint density at radius 2 is 0.800 bits per heavy atom. The van der Waals surface area contributed by atoms with E-state index in [0.717, 1.165) is 0 Å². The Bertz CT molecular complexity index is 9.61. The molecule has 0 aliphatic heterocycles. The Morgan fingerprint density at radius 1 is 0.800 bits per heavy atom. The van der Waals surface area contributed by atoms with Crippen LogP contribution in [0, 0.1) is 0 Å². The first kappa shape index (κ1) is 44.4. The SMILES string of the molecule is [Cu].[Ni].[Ni].[SnH2].[Zn]. The summed E-state index contributed by atoms with van der Waals surface area (Å²) in [4.78, 5) is 0. The van der Waals surface area contributed by atoms with E-state index < -0.39 is 0 Å². The molecular formula is H2CuNi2SnZn.